The SMILES string of the molecule is CN(C(C)(C)CO)S(=O)(=O)CC1CC1. The summed E-state index contributed by atoms with van der Waals surface area (Å²) in [7, 11) is -1.66. The first-order chi connectivity index (χ1) is 6.29. The Morgan fingerprint density at radius 2 is 1.93 bits per heavy atom. The Bertz CT molecular complexity index is 293. The Labute approximate surface area is 86.0 Å². The molecule has 14 heavy (non-hydrogen) atoms. The van der Waals surface area contributed by atoms with Gasteiger partial charge in [0.25, 0.3) is 0 Å². The first-order valence-electron chi connectivity index (χ1n) is 4.87. The number of nitrogens with zero attached hydrogens (tertiary/aromatic N) is 1. The topological polar surface area (TPSA) is 57.6 Å². The molecular weight excluding hydrogens is 202 g/mol. The molecule has 1 aliphatic rings. The van der Waals surface area contributed by atoms with Crippen LogP contribution in [0.4, 0.5) is 0 Å². The fourth-order valence-electron chi connectivity index (χ4n) is 1.17. The zero-order chi connectivity index (χ0) is 11.0. The Hall–Kier alpha value is -0.130. The van der Waals surface area contributed by atoms with Crippen LogP contribution in [0, 0.1) is 5.92 Å². The van der Waals surface area contributed by atoms with E-state index in [4.69, 9.17) is 5.11 Å². The Morgan fingerprint density at radius 1 is 1.43 bits per heavy atom. The molecule has 0 unspecified atom stereocenters. The zero-order valence-corrected chi connectivity index (χ0v) is 9.84. The monoisotopic (exact) mass is 221 g/mol. The van der Waals surface area contributed by atoms with E-state index in [1.807, 2.05) is 0 Å². The van der Waals surface area contributed by atoms with E-state index in [-0.39, 0.29) is 12.4 Å². The van der Waals surface area contributed by atoms with Crippen LogP contribution in [0.2, 0.25) is 0 Å². The standard InChI is InChI=1S/C9H19NO3S/c1-9(2,7-11)10(3)14(12,13)6-8-4-5-8/h8,11H,4-7H2,1-3H3. The van der Waals surface area contributed by atoms with Crippen molar-refractivity contribution in [3.05, 3.63) is 0 Å². The second-order valence-electron chi connectivity index (χ2n) is 4.66. The first-order valence-corrected chi connectivity index (χ1v) is 6.48. The normalized spacial score (nSPS) is 18.9. The molecule has 0 bridgehead atoms. The molecule has 0 radical (unpaired) electrons. The van der Waals surface area contributed by atoms with Crippen molar-refractivity contribution in [3.63, 3.8) is 0 Å². The van der Waals surface area contributed by atoms with Gasteiger partial charge in [0.05, 0.1) is 17.9 Å². The molecule has 1 saturated carbocycles. The quantitative estimate of drug-likeness (QED) is 0.732. The number of sulfonamides is 1. The van der Waals surface area contributed by atoms with Crippen molar-refractivity contribution in [2.75, 3.05) is 19.4 Å². The van der Waals surface area contributed by atoms with E-state index < -0.39 is 15.6 Å². The molecule has 0 saturated heterocycles. The van der Waals surface area contributed by atoms with Gasteiger partial charge in [0, 0.05) is 7.05 Å². The van der Waals surface area contributed by atoms with Crippen LogP contribution in [0.25, 0.3) is 0 Å². The summed E-state index contributed by atoms with van der Waals surface area (Å²) in [4.78, 5) is 0. The van der Waals surface area contributed by atoms with Gasteiger partial charge in [0.15, 0.2) is 0 Å². The molecule has 5 heteroatoms. The molecule has 0 amide bonds. The number of aliphatic hydroxyl groups is 1. The van der Waals surface area contributed by atoms with Crippen LogP contribution >= 0.6 is 0 Å². The summed E-state index contributed by atoms with van der Waals surface area (Å²) in [6.07, 6.45) is 2.04. The zero-order valence-electron chi connectivity index (χ0n) is 9.02. The molecular formula is C9H19NO3S. The Morgan fingerprint density at radius 3 is 2.29 bits per heavy atom. The first kappa shape index (κ1) is 11.9. The molecule has 0 aromatic carbocycles. The second-order valence-corrected chi connectivity index (χ2v) is 6.70. The fourth-order valence-corrected chi connectivity index (χ4v) is 3.13. The average Bonchev–Trinajstić information content (AvgIpc) is 2.86. The van der Waals surface area contributed by atoms with Crippen LogP contribution in [-0.2, 0) is 10.0 Å². The summed E-state index contributed by atoms with van der Waals surface area (Å²) in [5.74, 6) is 0.573. The number of hydrogen-bond acceptors (Lipinski definition) is 3. The average molecular weight is 221 g/mol. The summed E-state index contributed by atoms with van der Waals surface area (Å²) in [5.41, 5.74) is -0.701. The van der Waals surface area contributed by atoms with Crippen LogP contribution in [0.5, 0.6) is 0 Å². The Kier molecular flexibility index (Phi) is 3.23. The van der Waals surface area contributed by atoms with Gasteiger partial charge in [-0.05, 0) is 32.6 Å². The van der Waals surface area contributed by atoms with Gasteiger partial charge in [-0.25, -0.2) is 8.42 Å². The van der Waals surface area contributed by atoms with Gasteiger partial charge in [-0.15, -0.1) is 0 Å². The van der Waals surface area contributed by atoms with E-state index in [1.165, 1.54) is 11.4 Å². The Balaban J connectivity index is 2.70. The third-order valence-electron chi connectivity index (χ3n) is 2.80. The molecule has 84 valence electrons. The molecule has 0 heterocycles. The molecule has 0 aliphatic heterocycles. The third-order valence-corrected chi connectivity index (χ3v) is 5.02. The van der Waals surface area contributed by atoms with E-state index in [9.17, 15) is 8.42 Å². The number of likely N-dealkylation sites (N-methyl/N-ethyl adjacent to an activating group) is 1. The van der Waals surface area contributed by atoms with Crippen LogP contribution in [0.1, 0.15) is 26.7 Å². The number of hydrogen-bond donors (Lipinski definition) is 1. The maximum atomic E-state index is 11.8. The molecule has 1 aliphatic carbocycles. The molecule has 0 aromatic rings. The minimum Gasteiger partial charge on any atom is -0.394 e. The van der Waals surface area contributed by atoms with Gasteiger partial charge in [0.2, 0.25) is 10.0 Å². The van der Waals surface area contributed by atoms with Gasteiger partial charge < -0.3 is 5.11 Å². The van der Waals surface area contributed by atoms with Crippen molar-refractivity contribution < 1.29 is 13.5 Å². The lowest BCUT2D eigenvalue weighted by molar-refractivity contribution is 0.138. The molecule has 1 fully saturated rings. The largest absolute Gasteiger partial charge is 0.394 e. The van der Waals surface area contributed by atoms with Crippen molar-refractivity contribution in [1.82, 2.24) is 4.31 Å². The molecule has 1 rings (SSSR count). The number of rotatable bonds is 5. The van der Waals surface area contributed by atoms with Crippen LogP contribution < -0.4 is 0 Å². The van der Waals surface area contributed by atoms with Gasteiger partial charge in [-0.3, -0.25) is 0 Å². The van der Waals surface area contributed by atoms with Crippen LogP contribution in [0.3, 0.4) is 0 Å². The van der Waals surface area contributed by atoms with E-state index in [0.717, 1.165) is 12.8 Å². The summed E-state index contributed by atoms with van der Waals surface area (Å²) < 4.78 is 24.9. The predicted octanol–water partition coefficient (Wildman–Crippen LogP) is 0.429. The van der Waals surface area contributed by atoms with E-state index in [1.54, 1.807) is 13.8 Å². The second kappa shape index (κ2) is 3.79. The highest BCUT2D eigenvalue weighted by molar-refractivity contribution is 7.89. The summed E-state index contributed by atoms with van der Waals surface area (Å²) in [6, 6.07) is 0. The van der Waals surface area contributed by atoms with Crippen molar-refractivity contribution in [3.8, 4) is 0 Å². The third kappa shape index (κ3) is 2.68. The molecule has 0 atom stereocenters. The smallest absolute Gasteiger partial charge is 0.214 e. The fraction of sp³-hybridized carbons (Fsp3) is 1.00. The molecule has 4 nitrogen and oxygen atoms in total. The summed E-state index contributed by atoms with van der Waals surface area (Å²) in [5, 5.41) is 9.07. The molecule has 0 spiro atoms. The lowest BCUT2D eigenvalue weighted by Gasteiger charge is -2.32. The minimum absolute atomic E-state index is 0.159. The predicted molar refractivity (Wildman–Crippen MR) is 55.4 cm³/mol. The van der Waals surface area contributed by atoms with Crippen LogP contribution in [0.15, 0.2) is 0 Å². The van der Waals surface area contributed by atoms with Gasteiger partial charge in [-0.2, -0.15) is 4.31 Å². The highest BCUT2D eigenvalue weighted by Crippen LogP contribution is 2.32. The minimum atomic E-state index is -3.19. The highest BCUT2D eigenvalue weighted by atomic mass is 32.2. The molecule has 0 aromatic heterocycles. The lowest BCUT2D eigenvalue weighted by Crippen LogP contribution is -2.48. The van der Waals surface area contributed by atoms with Crippen molar-refractivity contribution in [2.45, 2.75) is 32.2 Å². The summed E-state index contributed by atoms with van der Waals surface area (Å²) in [6.45, 7) is 3.28. The highest BCUT2D eigenvalue weighted by Gasteiger charge is 2.36. The van der Waals surface area contributed by atoms with Crippen molar-refractivity contribution in [1.29, 1.82) is 0 Å². The van der Waals surface area contributed by atoms with E-state index >= 15 is 0 Å². The van der Waals surface area contributed by atoms with E-state index in [0.29, 0.717) is 5.92 Å². The summed E-state index contributed by atoms with van der Waals surface area (Å²) >= 11 is 0. The van der Waals surface area contributed by atoms with Crippen molar-refractivity contribution in [2.24, 2.45) is 5.92 Å². The van der Waals surface area contributed by atoms with Crippen LogP contribution in [-0.4, -0.2) is 42.8 Å². The lowest BCUT2D eigenvalue weighted by atomic mass is 10.1. The van der Waals surface area contributed by atoms with Crippen molar-refractivity contribution >= 4 is 10.0 Å². The van der Waals surface area contributed by atoms with Gasteiger partial charge in [-0.1, -0.05) is 0 Å². The van der Waals surface area contributed by atoms with Gasteiger partial charge in [0.1, 0.15) is 0 Å². The molecule has 1 N–H and O–H groups in total. The number of aliphatic hydroxyl groups excluding tert-OH is 1. The maximum absolute atomic E-state index is 11.8. The van der Waals surface area contributed by atoms with E-state index in [2.05, 4.69) is 0 Å². The van der Waals surface area contributed by atoms with Gasteiger partial charge >= 0.3 is 0 Å². The maximum Gasteiger partial charge on any atom is 0.214 e.